The van der Waals surface area contributed by atoms with Gasteiger partial charge < -0.3 is 10.6 Å². The summed E-state index contributed by atoms with van der Waals surface area (Å²) >= 11 is 0. The molecule has 1 fully saturated rings. The van der Waals surface area contributed by atoms with Crippen LogP contribution in [0.3, 0.4) is 0 Å². The van der Waals surface area contributed by atoms with Gasteiger partial charge in [-0.3, -0.25) is 0 Å². The molecule has 1 atom stereocenters. The molecule has 1 unspecified atom stereocenters. The zero-order valence-electron chi connectivity index (χ0n) is 11.0. The van der Waals surface area contributed by atoms with Gasteiger partial charge in [-0.25, -0.2) is 13.4 Å². The highest BCUT2D eigenvalue weighted by Gasteiger charge is 2.29. The third kappa shape index (κ3) is 3.70. The fraction of sp³-hybridized carbons (Fsp3) is 0.462. The van der Waals surface area contributed by atoms with Crippen molar-refractivity contribution in [3.63, 3.8) is 0 Å². The normalized spacial score (nSPS) is 23.3. The molecule has 1 heterocycles. The molecule has 19 heavy (non-hydrogen) atoms. The summed E-state index contributed by atoms with van der Waals surface area (Å²) in [5.41, 5.74) is 7.04. The third-order valence-electron chi connectivity index (χ3n) is 3.23. The molecule has 1 aliphatic rings. The lowest BCUT2D eigenvalue weighted by Gasteiger charge is -2.33. The summed E-state index contributed by atoms with van der Waals surface area (Å²) < 4.78 is 23.0. The SMILES string of the molecule is CC1CS(=O)(=O)CCN1C(N)=NCc1ccccc1. The minimum Gasteiger partial charge on any atom is -0.370 e. The van der Waals surface area contributed by atoms with Crippen LogP contribution in [0.2, 0.25) is 0 Å². The van der Waals surface area contributed by atoms with Crippen LogP contribution in [0.15, 0.2) is 35.3 Å². The van der Waals surface area contributed by atoms with Gasteiger partial charge in [0.1, 0.15) is 0 Å². The first-order valence-corrected chi connectivity index (χ1v) is 8.11. The number of aliphatic imine (C=N–C) groups is 1. The molecule has 0 aromatic heterocycles. The van der Waals surface area contributed by atoms with Crippen molar-refractivity contribution in [3.05, 3.63) is 35.9 Å². The first-order chi connectivity index (χ1) is 8.98. The number of nitrogens with two attached hydrogens (primary N) is 1. The van der Waals surface area contributed by atoms with Crippen LogP contribution in [0.25, 0.3) is 0 Å². The largest absolute Gasteiger partial charge is 0.370 e. The minimum absolute atomic E-state index is 0.113. The molecule has 1 aromatic rings. The van der Waals surface area contributed by atoms with E-state index in [2.05, 4.69) is 4.99 Å². The maximum absolute atomic E-state index is 11.5. The maximum atomic E-state index is 11.5. The van der Waals surface area contributed by atoms with Gasteiger partial charge in [0, 0.05) is 12.6 Å². The van der Waals surface area contributed by atoms with Gasteiger partial charge in [0.25, 0.3) is 0 Å². The predicted molar refractivity (Wildman–Crippen MR) is 76.6 cm³/mol. The fourth-order valence-corrected chi connectivity index (χ4v) is 3.74. The Bertz CT molecular complexity index is 555. The van der Waals surface area contributed by atoms with E-state index in [1.54, 1.807) is 0 Å². The summed E-state index contributed by atoms with van der Waals surface area (Å²) in [4.78, 5) is 6.21. The van der Waals surface area contributed by atoms with Gasteiger partial charge in [0.2, 0.25) is 0 Å². The number of benzene rings is 1. The lowest BCUT2D eigenvalue weighted by Crippen LogP contribution is -2.52. The molecular weight excluding hydrogens is 262 g/mol. The molecule has 1 aromatic carbocycles. The van der Waals surface area contributed by atoms with E-state index in [-0.39, 0.29) is 17.5 Å². The summed E-state index contributed by atoms with van der Waals surface area (Å²) in [5, 5.41) is 0. The van der Waals surface area contributed by atoms with Crippen LogP contribution in [0.4, 0.5) is 0 Å². The number of guanidine groups is 1. The smallest absolute Gasteiger partial charge is 0.191 e. The molecule has 0 bridgehead atoms. The zero-order chi connectivity index (χ0) is 13.9. The Morgan fingerprint density at radius 3 is 2.74 bits per heavy atom. The second-order valence-corrected chi connectivity index (χ2v) is 7.05. The molecule has 2 N–H and O–H groups in total. The van der Waals surface area contributed by atoms with Crippen LogP contribution in [0.1, 0.15) is 12.5 Å². The fourth-order valence-electron chi connectivity index (χ4n) is 2.19. The molecule has 0 amide bonds. The monoisotopic (exact) mass is 281 g/mol. The lowest BCUT2D eigenvalue weighted by atomic mass is 10.2. The molecule has 1 saturated heterocycles. The Kier molecular flexibility index (Phi) is 4.09. The van der Waals surface area contributed by atoms with Crippen molar-refractivity contribution in [2.24, 2.45) is 10.7 Å². The molecular formula is C13H19N3O2S. The first kappa shape index (κ1) is 13.9. The molecule has 1 aliphatic heterocycles. The number of nitrogens with zero attached hydrogens (tertiary/aromatic N) is 2. The zero-order valence-corrected chi connectivity index (χ0v) is 11.8. The van der Waals surface area contributed by atoms with E-state index >= 15 is 0 Å². The molecule has 0 aliphatic carbocycles. The second-order valence-electron chi connectivity index (χ2n) is 4.82. The van der Waals surface area contributed by atoms with Crippen LogP contribution in [-0.4, -0.2) is 43.4 Å². The van der Waals surface area contributed by atoms with Crippen molar-refractivity contribution in [3.8, 4) is 0 Å². The van der Waals surface area contributed by atoms with E-state index in [4.69, 9.17) is 5.73 Å². The third-order valence-corrected chi connectivity index (χ3v) is 5.03. The van der Waals surface area contributed by atoms with Crippen LogP contribution in [0, 0.1) is 0 Å². The molecule has 0 radical (unpaired) electrons. The molecule has 6 heteroatoms. The average molecular weight is 281 g/mol. The lowest BCUT2D eigenvalue weighted by molar-refractivity contribution is 0.348. The van der Waals surface area contributed by atoms with E-state index in [1.165, 1.54) is 0 Å². The van der Waals surface area contributed by atoms with Gasteiger partial charge in [-0.05, 0) is 12.5 Å². The number of sulfone groups is 1. The summed E-state index contributed by atoms with van der Waals surface area (Å²) in [5.74, 6) is 0.722. The number of hydrogen-bond acceptors (Lipinski definition) is 3. The van der Waals surface area contributed by atoms with E-state index in [0.717, 1.165) is 5.56 Å². The Morgan fingerprint density at radius 1 is 1.42 bits per heavy atom. The van der Waals surface area contributed by atoms with Crippen LogP contribution in [-0.2, 0) is 16.4 Å². The van der Waals surface area contributed by atoms with Gasteiger partial charge >= 0.3 is 0 Å². The average Bonchev–Trinajstić information content (AvgIpc) is 2.36. The van der Waals surface area contributed by atoms with Gasteiger partial charge in [-0.15, -0.1) is 0 Å². The van der Waals surface area contributed by atoms with Crippen molar-refractivity contribution in [1.82, 2.24) is 4.90 Å². The highest BCUT2D eigenvalue weighted by molar-refractivity contribution is 7.91. The van der Waals surface area contributed by atoms with Crippen LogP contribution < -0.4 is 5.73 Å². The van der Waals surface area contributed by atoms with Crippen molar-refractivity contribution < 1.29 is 8.42 Å². The van der Waals surface area contributed by atoms with E-state index in [1.807, 2.05) is 42.2 Å². The quantitative estimate of drug-likeness (QED) is 0.637. The maximum Gasteiger partial charge on any atom is 0.191 e. The van der Waals surface area contributed by atoms with E-state index in [0.29, 0.717) is 19.0 Å². The molecule has 2 rings (SSSR count). The molecule has 104 valence electrons. The van der Waals surface area contributed by atoms with E-state index in [9.17, 15) is 8.42 Å². The van der Waals surface area contributed by atoms with E-state index < -0.39 is 9.84 Å². The highest BCUT2D eigenvalue weighted by atomic mass is 32.2. The highest BCUT2D eigenvalue weighted by Crippen LogP contribution is 2.11. The number of hydrogen-bond donors (Lipinski definition) is 1. The van der Waals surface area contributed by atoms with Crippen LogP contribution in [0.5, 0.6) is 0 Å². The Labute approximate surface area is 114 Å². The molecule has 0 spiro atoms. The Balaban J connectivity index is 2.02. The van der Waals surface area contributed by atoms with Gasteiger partial charge in [0.05, 0.1) is 18.1 Å². The second kappa shape index (κ2) is 5.61. The van der Waals surface area contributed by atoms with Crippen molar-refractivity contribution in [2.45, 2.75) is 19.5 Å². The van der Waals surface area contributed by atoms with Gasteiger partial charge in [0.15, 0.2) is 15.8 Å². The van der Waals surface area contributed by atoms with Crippen molar-refractivity contribution >= 4 is 15.8 Å². The minimum atomic E-state index is -2.92. The van der Waals surface area contributed by atoms with Gasteiger partial charge in [-0.2, -0.15) is 0 Å². The molecule has 0 saturated carbocycles. The van der Waals surface area contributed by atoms with Crippen LogP contribution >= 0.6 is 0 Å². The topological polar surface area (TPSA) is 75.8 Å². The number of rotatable bonds is 2. The predicted octanol–water partition coefficient (Wildman–Crippen LogP) is 0.620. The van der Waals surface area contributed by atoms with Crippen molar-refractivity contribution in [1.29, 1.82) is 0 Å². The standard InChI is InChI=1S/C13H19N3O2S/c1-11-10-19(17,18)8-7-16(11)13(14)15-9-12-5-3-2-4-6-12/h2-6,11H,7-10H2,1H3,(H2,14,15). The summed E-state index contributed by atoms with van der Waals surface area (Å²) in [6, 6.07) is 9.72. The van der Waals surface area contributed by atoms with Crippen molar-refractivity contribution in [2.75, 3.05) is 18.1 Å². The summed E-state index contributed by atoms with van der Waals surface area (Å²) in [6.45, 7) is 2.80. The molecule has 5 nitrogen and oxygen atoms in total. The summed E-state index contributed by atoms with van der Waals surface area (Å²) in [6.07, 6.45) is 0. The Hall–Kier alpha value is -1.56. The Morgan fingerprint density at radius 2 is 2.11 bits per heavy atom. The van der Waals surface area contributed by atoms with Gasteiger partial charge in [-0.1, -0.05) is 30.3 Å². The summed E-state index contributed by atoms with van der Waals surface area (Å²) in [7, 11) is -2.92. The first-order valence-electron chi connectivity index (χ1n) is 6.29.